The second kappa shape index (κ2) is 6.70. The number of ether oxygens (including phenoxy) is 1. The summed E-state index contributed by atoms with van der Waals surface area (Å²) in [6.07, 6.45) is 1.05. The van der Waals surface area contributed by atoms with E-state index in [0.29, 0.717) is 40.1 Å². The number of anilines is 1. The Hall–Kier alpha value is -2.25. The lowest BCUT2D eigenvalue weighted by molar-refractivity contribution is 0.101. The molecule has 0 spiro atoms. The van der Waals surface area contributed by atoms with E-state index >= 15 is 0 Å². The molecule has 3 rings (SSSR count). The number of aromatic nitrogens is 2. The number of methoxy groups -OCH3 is 1. The van der Waals surface area contributed by atoms with Gasteiger partial charge < -0.3 is 15.0 Å². The maximum absolute atomic E-state index is 12.5. The van der Waals surface area contributed by atoms with Crippen molar-refractivity contribution in [3.63, 3.8) is 0 Å². The van der Waals surface area contributed by atoms with Gasteiger partial charge in [-0.15, -0.1) is 0 Å². The fourth-order valence-corrected chi connectivity index (χ4v) is 2.96. The van der Waals surface area contributed by atoms with Gasteiger partial charge in [0.2, 0.25) is 0 Å². The molecule has 9 heteroatoms. The molecule has 2 amide bonds. The summed E-state index contributed by atoms with van der Waals surface area (Å²) < 4.78 is 6.44. The molecule has 1 aliphatic heterocycles. The monoisotopic (exact) mass is 368 g/mol. The molecule has 1 N–H and O–H groups in total. The lowest BCUT2D eigenvalue weighted by Crippen LogP contribution is -2.39. The number of hydrogen-bond donors (Lipinski definition) is 1. The van der Waals surface area contributed by atoms with Gasteiger partial charge in [0, 0.05) is 11.6 Å². The molecular formula is C15H14Cl2N4O3. The van der Waals surface area contributed by atoms with Gasteiger partial charge in [0.15, 0.2) is 0 Å². The predicted octanol–water partition coefficient (Wildman–Crippen LogP) is 3.02. The number of nitrogens with zero attached hydrogens (tertiary/aromatic N) is 3. The second-order valence-corrected chi connectivity index (χ2v) is 6.04. The quantitative estimate of drug-likeness (QED) is 0.883. The molecule has 1 aromatic carbocycles. The molecule has 1 aliphatic rings. The Morgan fingerprint density at radius 2 is 2.08 bits per heavy atom. The van der Waals surface area contributed by atoms with E-state index in [1.165, 1.54) is 18.2 Å². The van der Waals surface area contributed by atoms with Crippen molar-refractivity contribution < 1.29 is 14.3 Å². The number of carbonyl (C=O) groups excluding carboxylic acids is 2. The second-order valence-electron chi connectivity index (χ2n) is 5.20. The normalized spacial score (nSPS) is 13.4. The molecule has 2 heterocycles. The topological polar surface area (TPSA) is 76.5 Å². The smallest absolute Gasteiger partial charge is 0.409 e. The Balaban J connectivity index is 1.82. The van der Waals surface area contributed by atoms with Crippen LogP contribution in [-0.4, -0.2) is 40.3 Å². The Morgan fingerprint density at radius 3 is 2.79 bits per heavy atom. The molecule has 0 aliphatic carbocycles. The molecule has 0 radical (unpaired) electrons. The van der Waals surface area contributed by atoms with Crippen LogP contribution in [0.15, 0.2) is 24.4 Å². The lowest BCUT2D eigenvalue weighted by atomic mass is 10.2. The summed E-state index contributed by atoms with van der Waals surface area (Å²) in [5.74, 6) is -0.354. The van der Waals surface area contributed by atoms with E-state index in [1.807, 2.05) is 0 Å². The molecule has 0 saturated heterocycles. The molecule has 0 saturated carbocycles. The third-order valence-electron chi connectivity index (χ3n) is 3.73. The van der Waals surface area contributed by atoms with Crippen molar-refractivity contribution >= 4 is 40.9 Å². The highest BCUT2D eigenvalue weighted by molar-refractivity contribution is 6.36. The summed E-state index contributed by atoms with van der Waals surface area (Å²) in [4.78, 5) is 25.7. The minimum atomic E-state index is -0.436. The van der Waals surface area contributed by atoms with Crippen molar-refractivity contribution in [2.75, 3.05) is 19.0 Å². The van der Waals surface area contributed by atoms with Gasteiger partial charge in [0.05, 0.1) is 48.4 Å². The fourth-order valence-electron chi connectivity index (χ4n) is 2.50. The largest absolute Gasteiger partial charge is 0.453 e. The number of nitrogens with one attached hydrogen (secondary N) is 1. The van der Waals surface area contributed by atoms with Crippen LogP contribution in [0.2, 0.25) is 10.0 Å². The molecule has 24 heavy (non-hydrogen) atoms. The highest BCUT2D eigenvalue weighted by Crippen LogP contribution is 2.26. The van der Waals surface area contributed by atoms with Crippen LogP contribution in [0.3, 0.4) is 0 Å². The Labute approximate surface area is 148 Å². The minimum absolute atomic E-state index is 0.254. The van der Waals surface area contributed by atoms with Gasteiger partial charge in [-0.2, -0.15) is 5.10 Å². The number of fused-ring (bicyclic) bond motifs is 1. The van der Waals surface area contributed by atoms with Gasteiger partial charge in [-0.3, -0.25) is 9.48 Å². The van der Waals surface area contributed by atoms with Gasteiger partial charge in [-0.05, 0) is 18.2 Å². The van der Waals surface area contributed by atoms with Crippen LogP contribution >= 0.6 is 23.2 Å². The third kappa shape index (κ3) is 3.18. The fraction of sp³-hybridized carbons (Fsp3) is 0.267. The number of hydrogen-bond acceptors (Lipinski definition) is 4. The van der Waals surface area contributed by atoms with E-state index in [9.17, 15) is 9.59 Å². The van der Waals surface area contributed by atoms with Crippen molar-refractivity contribution in [3.05, 3.63) is 45.7 Å². The first-order valence-electron chi connectivity index (χ1n) is 7.13. The van der Waals surface area contributed by atoms with E-state index < -0.39 is 6.09 Å². The Morgan fingerprint density at radius 1 is 1.29 bits per heavy atom. The summed E-state index contributed by atoms with van der Waals surface area (Å²) in [5, 5.41) is 7.75. The van der Waals surface area contributed by atoms with Crippen LogP contribution in [0.1, 0.15) is 16.1 Å². The highest BCUT2D eigenvalue weighted by atomic mass is 35.5. The third-order valence-corrected chi connectivity index (χ3v) is 4.28. The van der Waals surface area contributed by atoms with E-state index in [4.69, 9.17) is 27.9 Å². The average Bonchev–Trinajstić information content (AvgIpc) is 2.99. The van der Waals surface area contributed by atoms with Crippen molar-refractivity contribution in [2.24, 2.45) is 0 Å². The van der Waals surface area contributed by atoms with Crippen molar-refractivity contribution in [3.8, 4) is 0 Å². The van der Waals surface area contributed by atoms with Crippen LogP contribution in [-0.2, 0) is 17.8 Å². The van der Waals surface area contributed by atoms with Gasteiger partial charge in [-0.25, -0.2) is 4.79 Å². The SMILES string of the molecule is COC(=O)N1CCn2ncc(C(=O)Nc3ccc(Cl)cc3Cl)c2C1. The number of rotatable bonds is 2. The lowest BCUT2D eigenvalue weighted by Gasteiger charge is -2.26. The standard InChI is InChI=1S/C15H14Cl2N4O3/c1-24-15(23)20-4-5-21-13(8-20)10(7-18-21)14(22)19-12-3-2-9(16)6-11(12)17/h2-3,6-7H,4-5,8H2,1H3,(H,19,22). The summed E-state index contributed by atoms with van der Waals surface area (Å²) in [5.41, 5.74) is 1.48. The van der Waals surface area contributed by atoms with Crippen molar-refractivity contribution in [1.82, 2.24) is 14.7 Å². The minimum Gasteiger partial charge on any atom is -0.453 e. The van der Waals surface area contributed by atoms with E-state index in [1.54, 1.807) is 22.9 Å². The van der Waals surface area contributed by atoms with Crippen LogP contribution in [0.25, 0.3) is 0 Å². The van der Waals surface area contributed by atoms with Gasteiger partial charge in [0.25, 0.3) is 5.91 Å². The predicted molar refractivity (Wildman–Crippen MR) is 89.5 cm³/mol. The number of benzene rings is 1. The molecule has 2 aromatic rings. The number of amides is 2. The zero-order chi connectivity index (χ0) is 17.3. The van der Waals surface area contributed by atoms with Gasteiger partial charge >= 0.3 is 6.09 Å². The van der Waals surface area contributed by atoms with Crippen LogP contribution in [0, 0.1) is 0 Å². The van der Waals surface area contributed by atoms with Crippen LogP contribution in [0.5, 0.6) is 0 Å². The maximum atomic E-state index is 12.5. The van der Waals surface area contributed by atoms with E-state index in [0.717, 1.165) is 0 Å². The Kier molecular flexibility index (Phi) is 4.64. The first-order valence-corrected chi connectivity index (χ1v) is 7.89. The first kappa shape index (κ1) is 16.6. The van der Waals surface area contributed by atoms with Crippen LogP contribution in [0.4, 0.5) is 10.5 Å². The van der Waals surface area contributed by atoms with Gasteiger partial charge in [-0.1, -0.05) is 23.2 Å². The number of halogens is 2. The summed E-state index contributed by atoms with van der Waals surface area (Å²) in [7, 11) is 1.32. The zero-order valence-electron chi connectivity index (χ0n) is 12.8. The molecule has 0 unspecified atom stereocenters. The number of carbonyl (C=O) groups is 2. The van der Waals surface area contributed by atoms with Gasteiger partial charge in [0.1, 0.15) is 0 Å². The average molecular weight is 369 g/mol. The van der Waals surface area contributed by atoms with Crippen LogP contribution < -0.4 is 5.32 Å². The summed E-state index contributed by atoms with van der Waals surface area (Å²) in [6, 6.07) is 4.81. The summed E-state index contributed by atoms with van der Waals surface area (Å²) in [6.45, 7) is 1.23. The molecule has 7 nitrogen and oxygen atoms in total. The molecule has 0 atom stereocenters. The molecular weight excluding hydrogens is 355 g/mol. The molecule has 126 valence electrons. The van der Waals surface area contributed by atoms with E-state index in [-0.39, 0.29) is 12.5 Å². The van der Waals surface area contributed by atoms with Crippen molar-refractivity contribution in [2.45, 2.75) is 13.1 Å². The first-order chi connectivity index (χ1) is 11.5. The highest BCUT2D eigenvalue weighted by Gasteiger charge is 2.27. The zero-order valence-corrected chi connectivity index (χ0v) is 14.3. The molecule has 0 fully saturated rings. The maximum Gasteiger partial charge on any atom is 0.409 e. The summed E-state index contributed by atoms with van der Waals surface area (Å²) >= 11 is 11.9. The molecule has 1 aromatic heterocycles. The van der Waals surface area contributed by atoms with Crippen molar-refractivity contribution in [1.29, 1.82) is 0 Å². The Bertz CT molecular complexity index is 806. The van der Waals surface area contributed by atoms with E-state index in [2.05, 4.69) is 10.4 Å². The molecule has 0 bridgehead atoms.